The predicted octanol–water partition coefficient (Wildman–Crippen LogP) is 12.9. The van der Waals surface area contributed by atoms with Crippen LogP contribution in [0.5, 0.6) is 0 Å². The Bertz CT molecular complexity index is 3010. The van der Waals surface area contributed by atoms with Crippen molar-refractivity contribution >= 4 is 33.1 Å². The summed E-state index contributed by atoms with van der Waals surface area (Å²) in [5.74, 6) is 0. The van der Waals surface area contributed by atoms with Crippen LogP contribution in [0.4, 0.5) is 0 Å². The first-order valence-corrected chi connectivity index (χ1v) is 19.3. The highest BCUT2D eigenvalue weighted by Crippen LogP contribution is 2.34. The van der Waals surface area contributed by atoms with E-state index in [4.69, 9.17) is 10.7 Å². The zero-order valence-corrected chi connectivity index (χ0v) is 31.8. The van der Waals surface area contributed by atoms with Gasteiger partial charge in [0.25, 0.3) is 0 Å². The topological polar surface area (TPSA) is 75.1 Å². The van der Waals surface area contributed by atoms with E-state index in [1.165, 1.54) is 0 Å². The molecule has 0 amide bonds. The molecule has 0 aliphatic heterocycles. The Hall–Kier alpha value is -7.87. The summed E-state index contributed by atoms with van der Waals surface area (Å²) in [6.45, 7) is 0.554. The van der Waals surface area contributed by atoms with Crippen LogP contribution >= 0.6 is 0 Å². The van der Waals surface area contributed by atoms with Crippen LogP contribution in [-0.2, 0) is 6.54 Å². The second-order valence-corrected chi connectivity index (χ2v) is 14.4. The van der Waals surface area contributed by atoms with Crippen molar-refractivity contribution in [3.05, 3.63) is 229 Å². The van der Waals surface area contributed by atoms with Gasteiger partial charge < -0.3 is 5.73 Å². The molecule has 0 fully saturated rings. The largest absolute Gasteiger partial charge is 0.398 e. The van der Waals surface area contributed by atoms with Gasteiger partial charge in [-0.1, -0.05) is 158 Å². The molecule has 4 heteroatoms. The minimum atomic E-state index is 0.554. The zero-order chi connectivity index (χ0) is 39.3. The summed E-state index contributed by atoms with van der Waals surface area (Å²) < 4.78 is 0. The fourth-order valence-electron chi connectivity index (χ4n) is 7.49. The molecule has 0 aliphatic carbocycles. The van der Waals surface area contributed by atoms with E-state index in [2.05, 4.69) is 138 Å². The van der Waals surface area contributed by atoms with Crippen LogP contribution < -0.4 is 5.73 Å². The molecular formula is C54H38N4. The first-order chi connectivity index (χ1) is 28.6. The third kappa shape index (κ3) is 7.66. The standard InChI is InChI=1S/C54H38N4/c55-35-38-29-48(40-16-22-42(23-17-40)51-15-7-13-45-14-8-28-57-54(45)51)33-49(30-38)47-27-21-41-20-26-46(31-50(41)32-47)39-18-24-44(25-19-39)53(58-36-37-9-3-1-4-10-37)34-52(56)43-11-5-2-6-12-43/h1-34H,36,56H2/b52-34-,58-53?. The van der Waals surface area contributed by atoms with E-state index in [1.54, 1.807) is 0 Å². The molecule has 0 aliphatic rings. The summed E-state index contributed by atoms with van der Waals surface area (Å²) in [6, 6.07) is 69.2. The van der Waals surface area contributed by atoms with Crippen LogP contribution in [0.3, 0.4) is 0 Å². The van der Waals surface area contributed by atoms with E-state index in [1.807, 2.05) is 79.0 Å². The van der Waals surface area contributed by atoms with Crippen molar-refractivity contribution in [3.8, 4) is 50.6 Å². The van der Waals surface area contributed by atoms with Crippen LogP contribution in [0, 0.1) is 11.3 Å². The number of aliphatic imine (C=N–C) groups is 1. The second-order valence-electron chi connectivity index (χ2n) is 14.4. The van der Waals surface area contributed by atoms with E-state index < -0.39 is 0 Å². The highest BCUT2D eigenvalue weighted by atomic mass is 14.7. The molecule has 274 valence electrons. The van der Waals surface area contributed by atoms with Crippen LogP contribution in [0.25, 0.3) is 71.9 Å². The van der Waals surface area contributed by atoms with Gasteiger partial charge in [0.15, 0.2) is 0 Å². The average molecular weight is 743 g/mol. The lowest BCUT2D eigenvalue weighted by molar-refractivity contribution is 1.07. The Balaban J connectivity index is 1.01. The number of nitriles is 1. The Morgan fingerprint density at radius 3 is 1.84 bits per heavy atom. The van der Waals surface area contributed by atoms with Crippen LogP contribution in [0.2, 0.25) is 0 Å². The molecule has 0 saturated heterocycles. The van der Waals surface area contributed by atoms with Crippen molar-refractivity contribution in [2.24, 2.45) is 10.7 Å². The molecule has 58 heavy (non-hydrogen) atoms. The fraction of sp³-hybridized carbons (Fsp3) is 0.0185. The smallest absolute Gasteiger partial charge is 0.0992 e. The Labute approximate surface area is 338 Å². The highest BCUT2D eigenvalue weighted by molar-refractivity contribution is 6.12. The van der Waals surface area contributed by atoms with E-state index >= 15 is 0 Å². The van der Waals surface area contributed by atoms with Gasteiger partial charge in [-0.05, 0) is 109 Å². The molecular weight excluding hydrogens is 705 g/mol. The second kappa shape index (κ2) is 16.1. The summed E-state index contributed by atoms with van der Waals surface area (Å²) in [5.41, 5.74) is 21.3. The number of pyridine rings is 1. The molecule has 0 unspecified atom stereocenters. The van der Waals surface area contributed by atoms with Crippen molar-refractivity contribution < 1.29 is 0 Å². The van der Waals surface area contributed by atoms with Crippen LogP contribution in [-0.4, -0.2) is 10.7 Å². The van der Waals surface area contributed by atoms with Crippen molar-refractivity contribution in [2.45, 2.75) is 6.54 Å². The highest BCUT2D eigenvalue weighted by Gasteiger charge is 2.11. The number of hydrogen-bond acceptors (Lipinski definition) is 4. The number of nitrogens with two attached hydrogens (primary N) is 1. The first kappa shape index (κ1) is 35.8. The maximum atomic E-state index is 10.1. The van der Waals surface area contributed by atoms with E-state index in [9.17, 15) is 5.26 Å². The molecule has 1 heterocycles. The quantitative estimate of drug-likeness (QED) is 0.150. The van der Waals surface area contributed by atoms with Crippen molar-refractivity contribution in [2.75, 3.05) is 0 Å². The molecule has 0 atom stereocenters. The van der Waals surface area contributed by atoms with Gasteiger partial charge in [0.2, 0.25) is 0 Å². The summed E-state index contributed by atoms with van der Waals surface area (Å²) in [5, 5.41) is 13.5. The van der Waals surface area contributed by atoms with Crippen LogP contribution in [0.15, 0.2) is 211 Å². The Morgan fingerprint density at radius 2 is 1.12 bits per heavy atom. The van der Waals surface area contributed by atoms with E-state index in [0.717, 1.165) is 88.6 Å². The lowest BCUT2D eigenvalue weighted by Gasteiger charge is -2.11. The minimum Gasteiger partial charge on any atom is -0.398 e. The maximum Gasteiger partial charge on any atom is 0.0992 e. The minimum absolute atomic E-state index is 0.554. The third-order valence-electron chi connectivity index (χ3n) is 10.6. The number of nitrogens with zero attached hydrogens (tertiary/aromatic N) is 3. The van der Waals surface area contributed by atoms with Gasteiger partial charge in [0.1, 0.15) is 0 Å². The van der Waals surface area contributed by atoms with Gasteiger partial charge in [-0.25, -0.2) is 0 Å². The molecule has 0 bridgehead atoms. The first-order valence-electron chi connectivity index (χ1n) is 19.3. The monoisotopic (exact) mass is 742 g/mol. The average Bonchev–Trinajstić information content (AvgIpc) is 3.30. The van der Waals surface area contributed by atoms with Crippen LogP contribution in [0.1, 0.15) is 22.3 Å². The molecule has 8 aromatic carbocycles. The Morgan fingerprint density at radius 1 is 0.517 bits per heavy atom. The van der Waals surface area contributed by atoms with Crippen molar-refractivity contribution in [1.29, 1.82) is 5.26 Å². The van der Waals surface area contributed by atoms with Gasteiger partial charge in [-0.2, -0.15) is 5.26 Å². The van der Waals surface area contributed by atoms with E-state index in [0.29, 0.717) is 17.8 Å². The van der Waals surface area contributed by atoms with Gasteiger partial charge in [0.05, 0.1) is 29.4 Å². The molecule has 0 radical (unpaired) electrons. The maximum absolute atomic E-state index is 10.1. The Kier molecular flexibility index (Phi) is 9.93. The molecule has 1 aromatic heterocycles. The van der Waals surface area contributed by atoms with Gasteiger partial charge in [-0.3, -0.25) is 9.98 Å². The molecule has 2 N–H and O–H groups in total. The molecule has 4 nitrogen and oxygen atoms in total. The summed E-state index contributed by atoms with van der Waals surface area (Å²) in [4.78, 5) is 9.66. The number of aromatic nitrogens is 1. The SMILES string of the molecule is N#Cc1cc(-c2ccc(-c3cccc4cccnc34)cc2)cc(-c2ccc3ccc(-c4ccc(C(/C=C(\N)c5ccccc5)=NCc5ccccc5)cc4)cc3c2)c1. The number of allylic oxidation sites excluding steroid dienone is 1. The summed E-state index contributed by atoms with van der Waals surface area (Å²) in [6.07, 6.45) is 3.81. The summed E-state index contributed by atoms with van der Waals surface area (Å²) >= 11 is 0. The van der Waals surface area contributed by atoms with Crippen molar-refractivity contribution in [3.63, 3.8) is 0 Å². The number of para-hydroxylation sites is 1. The third-order valence-corrected chi connectivity index (χ3v) is 10.6. The number of benzene rings is 8. The van der Waals surface area contributed by atoms with Gasteiger partial charge in [0, 0.05) is 22.8 Å². The normalized spacial score (nSPS) is 11.8. The molecule has 9 aromatic rings. The van der Waals surface area contributed by atoms with Gasteiger partial charge >= 0.3 is 0 Å². The number of fused-ring (bicyclic) bond motifs is 2. The van der Waals surface area contributed by atoms with Gasteiger partial charge in [-0.15, -0.1) is 0 Å². The summed E-state index contributed by atoms with van der Waals surface area (Å²) in [7, 11) is 0. The lowest BCUT2D eigenvalue weighted by Crippen LogP contribution is -2.04. The molecule has 0 saturated carbocycles. The van der Waals surface area contributed by atoms with E-state index in [-0.39, 0.29) is 0 Å². The predicted molar refractivity (Wildman–Crippen MR) is 241 cm³/mol. The number of rotatable bonds is 9. The molecule has 9 rings (SSSR count). The van der Waals surface area contributed by atoms with Crippen molar-refractivity contribution in [1.82, 2.24) is 4.98 Å². The number of hydrogen-bond donors (Lipinski definition) is 1. The fourth-order valence-corrected chi connectivity index (χ4v) is 7.49. The zero-order valence-electron chi connectivity index (χ0n) is 31.8. The lowest BCUT2D eigenvalue weighted by atomic mass is 9.93. The molecule has 0 spiro atoms.